The van der Waals surface area contributed by atoms with Crippen LogP contribution in [0.4, 0.5) is 0 Å². The van der Waals surface area contributed by atoms with Gasteiger partial charge in [-0.15, -0.1) is 0 Å². The second kappa shape index (κ2) is 7.57. The van der Waals surface area contributed by atoms with E-state index in [-0.39, 0.29) is 17.4 Å². The minimum Gasteiger partial charge on any atom is -0.387 e. The van der Waals surface area contributed by atoms with Gasteiger partial charge in [-0.3, -0.25) is 4.79 Å². The molecular formula is C17H31NO4. The number of unbranched alkanes of at least 4 members (excludes halogenated alkanes) is 3. The van der Waals surface area contributed by atoms with Crippen LogP contribution in [0.25, 0.3) is 0 Å². The van der Waals surface area contributed by atoms with E-state index < -0.39 is 17.4 Å². The first-order valence-corrected chi connectivity index (χ1v) is 8.21. The van der Waals surface area contributed by atoms with E-state index in [1.165, 1.54) is 7.11 Å². The number of carbonyl (C=O) groups is 1. The number of aliphatic hydroxyl groups is 2. The summed E-state index contributed by atoms with van der Waals surface area (Å²) in [5.41, 5.74) is -2.04. The van der Waals surface area contributed by atoms with Crippen molar-refractivity contribution in [1.29, 1.82) is 0 Å². The van der Waals surface area contributed by atoms with Crippen LogP contribution in [0.5, 0.6) is 0 Å². The number of hydrogen-bond acceptors (Lipinski definition) is 4. The molecule has 3 N–H and O–H groups in total. The predicted molar refractivity (Wildman–Crippen MR) is 86.2 cm³/mol. The van der Waals surface area contributed by atoms with Crippen molar-refractivity contribution in [3.8, 4) is 0 Å². The number of amides is 1. The number of methoxy groups -OCH3 is 1. The summed E-state index contributed by atoms with van der Waals surface area (Å²) in [4.78, 5) is 12.2. The summed E-state index contributed by atoms with van der Waals surface area (Å²) in [6, 6.07) is 0. The molecular weight excluding hydrogens is 282 g/mol. The van der Waals surface area contributed by atoms with Crippen LogP contribution in [-0.2, 0) is 9.53 Å². The zero-order valence-corrected chi connectivity index (χ0v) is 14.5. The lowest BCUT2D eigenvalue weighted by atomic mass is 9.87. The second-order valence-corrected chi connectivity index (χ2v) is 6.78. The van der Waals surface area contributed by atoms with Gasteiger partial charge in [-0.2, -0.15) is 0 Å². The summed E-state index contributed by atoms with van der Waals surface area (Å²) < 4.78 is 5.44. The van der Waals surface area contributed by atoms with Crippen molar-refractivity contribution < 1.29 is 19.7 Å². The fourth-order valence-corrected chi connectivity index (χ4v) is 2.82. The molecule has 0 saturated carbocycles. The Kier molecular flexibility index (Phi) is 6.59. The van der Waals surface area contributed by atoms with Gasteiger partial charge < -0.3 is 20.3 Å². The smallest absolute Gasteiger partial charge is 0.252 e. The average Bonchev–Trinajstić information content (AvgIpc) is 2.81. The lowest BCUT2D eigenvalue weighted by Gasteiger charge is -2.30. The first kappa shape index (κ1) is 19.1. The van der Waals surface area contributed by atoms with Crippen molar-refractivity contribution >= 4 is 5.91 Å². The van der Waals surface area contributed by atoms with Crippen LogP contribution in [-0.4, -0.2) is 40.7 Å². The van der Waals surface area contributed by atoms with Crippen molar-refractivity contribution in [3.05, 3.63) is 11.6 Å². The summed E-state index contributed by atoms with van der Waals surface area (Å²) in [5.74, 6) is -0.363. The van der Waals surface area contributed by atoms with Crippen molar-refractivity contribution in [1.82, 2.24) is 5.32 Å². The third kappa shape index (κ3) is 4.09. The van der Waals surface area contributed by atoms with Crippen LogP contribution in [0.2, 0.25) is 0 Å². The molecule has 0 spiro atoms. The summed E-state index contributed by atoms with van der Waals surface area (Å²) in [6.07, 6.45) is 4.92. The van der Waals surface area contributed by atoms with E-state index in [0.717, 1.165) is 25.7 Å². The number of carbonyl (C=O) groups excluding carboxylic acids is 1. The highest BCUT2D eigenvalue weighted by atomic mass is 16.5. The molecule has 128 valence electrons. The van der Waals surface area contributed by atoms with Gasteiger partial charge in [-0.25, -0.2) is 0 Å². The van der Waals surface area contributed by atoms with Gasteiger partial charge in [0.2, 0.25) is 0 Å². The molecule has 0 radical (unpaired) electrons. The van der Waals surface area contributed by atoms with Gasteiger partial charge >= 0.3 is 0 Å². The standard InChI is InChI=1S/C17H31NO4/c1-6-7-8-9-10-16(4,21)14(19)13-11-17(22-5,12(2)3)18-15(13)20/h11-12,14,19,21H,6-10H2,1-5H3,(H,18,20)/t14-,16+,17?/m1/s1. The first-order valence-electron chi connectivity index (χ1n) is 8.21. The van der Waals surface area contributed by atoms with E-state index >= 15 is 0 Å². The number of rotatable bonds is 9. The molecule has 1 aliphatic heterocycles. The Morgan fingerprint density at radius 2 is 2.00 bits per heavy atom. The van der Waals surface area contributed by atoms with Crippen molar-refractivity contribution in [3.63, 3.8) is 0 Å². The molecule has 0 bridgehead atoms. The van der Waals surface area contributed by atoms with Gasteiger partial charge in [0.05, 0.1) is 5.60 Å². The average molecular weight is 313 g/mol. The molecule has 0 aromatic heterocycles. The minimum absolute atomic E-state index is 0.0145. The number of ether oxygens (including phenoxy) is 1. The largest absolute Gasteiger partial charge is 0.387 e. The Labute approximate surface area is 133 Å². The van der Waals surface area contributed by atoms with Gasteiger partial charge in [0.15, 0.2) is 5.72 Å². The number of nitrogens with one attached hydrogen (secondary N) is 1. The van der Waals surface area contributed by atoms with Crippen LogP contribution in [0, 0.1) is 5.92 Å². The van der Waals surface area contributed by atoms with Crippen molar-refractivity contribution in [2.75, 3.05) is 7.11 Å². The van der Waals surface area contributed by atoms with Gasteiger partial charge in [0.1, 0.15) is 6.10 Å². The van der Waals surface area contributed by atoms with Gasteiger partial charge in [0.25, 0.3) is 5.91 Å². The molecule has 1 aliphatic rings. The molecule has 3 atom stereocenters. The van der Waals surface area contributed by atoms with Crippen LogP contribution in [0.1, 0.15) is 59.8 Å². The zero-order valence-electron chi connectivity index (χ0n) is 14.5. The number of aliphatic hydroxyl groups excluding tert-OH is 1. The summed E-state index contributed by atoms with van der Waals surface area (Å²) in [5, 5.41) is 23.8. The Bertz CT molecular complexity index is 417. The highest BCUT2D eigenvalue weighted by molar-refractivity contribution is 5.98. The third-order valence-electron chi connectivity index (χ3n) is 4.56. The quantitative estimate of drug-likeness (QED) is 0.570. The second-order valence-electron chi connectivity index (χ2n) is 6.78. The Hall–Kier alpha value is -0.910. The first-order chi connectivity index (χ1) is 10.2. The Morgan fingerprint density at radius 3 is 2.45 bits per heavy atom. The van der Waals surface area contributed by atoms with E-state index in [9.17, 15) is 15.0 Å². The molecule has 5 nitrogen and oxygen atoms in total. The Balaban J connectivity index is 2.84. The van der Waals surface area contributed by atoms with E-state index in [0.29, 0.717) is 6.42 Å². The molecule has 0 aromatic carbocycles. The molecule has 0 saturated heterocycles. The third-order valence-corrected chi connectivity index (χ3v) is 4.56. The fraction of sp³-hybridized carbons (Fsp3) is 0.824. The SMILES string of the molecule is CCCCCC[C@](C)(O)[C@H](O)C1=CC(OC)(C(C)C)NC1=O. The predicted octanol–water partition coefficient (Wildman–Crippen LogP) is 2.12. The molecule has 5 heteroatoms. The van der Waals surface area contributed by atoms with Crippen LogP contribution < -0.4 is 5.32 Å². The van der Waals surface area contributed by atoms with E-state index in [2.05, 4.69) is 12.2 Å². The lowest BCUT2D eigenvalue weighted by Crippen LogP contribution is -2.48. The van der Waals surface area contributed by atoms with Gasteiger partial charge in [0, 0.05) is 18.6 Å². The lowest BCUT2D eigenvalue weighted by molar-refractivity contribution is -0.126. The normalized spacial score (nSPS) is 25.8. The van der Waals surface area contributed by atoms with Crippen molar-refractivity contribution in [2.24, 2.45) is 5.92 Å². The maximum atomic E-state index is 12.2. The van der Waals surface area contributed by atoms with E-state index in [1.807, 2.05) is 13.8 Å². The summed E-state index contributed by atoms with van der Waals surface area (Å²) in [6.45, 7) is 7.56. The topological polar surface area (TPSA) is 78.8 Å². The van der Waals surface area contributed by atoms with Crippen LogP contribution >= 0.6 is 0 Å². The summed E-state index contributed by atoms with van der Waals surface area (Å²) in [7, 11) is 1.52. The molecule has 1 heterocycles. The molecule has 22 heavy (non-hydrogen) atoms. The molecule has 1 amide bonds. The minimum atomic E-state index is -1.32. The number of hydrogen-bond donors (Lipinski definition) is 3. The maximum absolute atomic E-state index is 12.2. The van der Waals surface area contributed by atoms with Crippen LogP contribution in [0.15, 0.2) is 11.6 Å². The molecule has 0 fully saturated rings. The van der Waals surface area contributed by atoms with Gasteiger partial charge in [-0.05, 0) is 19.4 Å². The molecule has 0 aliphatic carbocycles. The van der Waals surface area contributed by atoms with Crippen LogP contribution in [0.3, 0.4) is 0 Å². The molecule has 1 rings (SSSR count). The van der Waals surface area contributed by atoms with E-state index in [1.54, 1.807) is 13.0 Å². The fourth-order valence-electron chi connectivity index (χ4n) is 2.82. The summed E-state index contributed by atoms with van der Waals surface area (Å²) >= 11 is 0. The molecule has 0 aromatic rings. The van der Waals surface area contributed by atoms with E-state index in [4.69, 9.17) is 4.74 Å². The monoisotopic (exact) mass is 313 g/mol. The van der Waals surface area contributed by atoms with Crippen molar-refractivity contribution in [2.45, 2.75) is 77.2 Å². The zero-order chi connectivity index (χ0) is 17.0. The Morgan fingerprint density at radius 1 is 1.36 bits per heavy atom. The highest BCUT2D eigenvalue weighted by Gasteiger charge is 2.45. The maximum Gasteiger partial charge on any atom is 0.252 e. The molecule has 1 unspecified atom stereocenters. The van der Waals surface area contributed by atoms with Gasteiger partial charge in [-0.1, -0.05) is 46.5 Å². The highest BCUT2D eigenvalue weighted by Crippen LogP contribution is 2.32.